The molecule has 1 unspecified atom stereocenters. The van der Waals surface area contributed by atoms with Crippen LogP contribution in [0.2, 0.25) is 0 Å². The van der Waals surface area contributed by atoms with Crippen LogP contribution in [0.5, 0.6) is 0 Å². The first kappa shape index (κ1) is 12.9. The standard InChI is InChI=1S/C12H19NO/c1-9(7-12(3,4)5)6-10(2)11(14)8-13/h9H,2,6-7H2,1,3-5H3. The molecule has 0 saturated heterocycles. The Balaban J connectivity index is 4.09. The fraction of sp³-hybridized carbons (Fsp3) is 0.667. The van der Waals surface area contributed by atoms with E-state index in [0.29, 0.717) is 17.9 Å². The van der Waals surface area contributed by atoms with Crippen molar-refractivity contribution in [3.05, 3.63) is 12.2 Å². The van der Waals surface area contributed by atoms with Gasteiger partial charge in [0.05, 0.1) is 0 Å². The van der Waals surface area contributed by atoms with Crippen LogP contribution in [-0.2, 0) is 4.79 Å². The quantitative estimate of drug-likeness (QED) is 0.508. The van der Waals surface area contributed by atoms with Crippen LogP contribution in [0.15, 0.2) is 12.2 Å². The molecule has 0 spiro atoms. The number of Topliss-reactive ketones (excluding diaryl/α,β-unsaturated/α-hetero) is 1. The van der Waals surface area contributed by atoms with Gasteiger partial charge < -0.3 is 0 Å². The Bertz CT molecular complexity index is 265. The predicted octanol–water partition coefficient (Wildman–Crippen LogP) is 3.10. The molecule has 0 rings (SSSR count). The second kappa shape index (κ2) is 4.95. The topological polar surface area (TPSA) is 40.9 Å². The summed E-state index contributed by atoms with van der Waals surface area (Å²) in [6.45, 7) is 12.2. The lowest BCUT2D eigenvalue weighted by Crippen LogP contribution is -2.13. The van der Waals surface area contributed by atoms with Crippen molar-refractivity contribution in [2.24, 2.45) is 11.3 Å². The smallest absolute Gasteiger partial charge is 0.257 e. The highest BCUT2D eigenvalue weighted by molar-refractivity contribution is 6.06. The zero-order valence-corrected chi connectivity index (χ0v) is 9.55. The third kappa shape index (κ3) is 5.53. The van der Waals surface area contributed by atoms with Gasteiger partial charge in [-0.2, -0.15) is 5.26 Å². The van der Waals surface area contributed by atoms with Gasteiger partial charge in [0.15, 0.2) is 0 Å². The van der Waals surface area contributed by atoms with Crippen molar-refractivity contribution in [2.75, 3.05) is 0 Å². The summed E-state index contributed by atoms with van der Waals surface area (Å²) in [6, 6.07) is 1.59. The van der Waals surface area contributed by atoms with Gasteiger partial charge in [-0.1, -0.05) is 34.3 Å². The Morgan fingerprint density at radius 1 is 1.50 bits per heavy atom. The molecule has 0 N–H and O–H groups in total. The molecule has 0 fully saturated rings. The number of nitriles is 1. The molecule has 0 bridgehead atoms. The third-order valence-electron chi connectivity index (χ3n) is 1.98. The Morgan fingerprint density at radius 3 is 2.36 bits per heavy atom. The highest BCUT2D eigenvalue weighted by Gasteiger charge is 2.17. The molecule has 1 atom stereocenters. The minimum Gasteiger partial charge on any atom is -0.277 e. The number of ketones is 1. The Labute approximate surface area is 86.6 Å². The second-order valence-electron chi connectivity index (χ2n) is 5.12. The predicted molar refractivity (Wildman–Crippen MR) is 57.6 cm³/mol. The molecule has 0 aromatic rings. The van der Waals surface area contributed by atoms with Gasteiger partial charge in [-0.3, -0.25) is 4.79 Å². The molecule has 0 aromatic carbocycles. The summed E-state index contributed by atoms with van der Waals surface area (Å²) in [5, 5.41) is 8.39. The number of carbonyl (C=O) groups excluding carboxylic acids is 1. The molecule has 0 radical (unpaired) electrons. The molecule has 2 heteroatoms. The van der Waals surface area contributed by atoms with Crippen molar-refractivity contribution in [3.8, 4) is 6.07 Å². The third-order valence-corrected chi connectivity index (χ3v) is 1.98. The molecule has 0 aliphatic heterocycles. The van der Waals surface area contributed by atoms with Crippen molar-refractivity contribution < 1.29 is 4.79 Å². The van der Waals surface area contributed by atoms with E-state index in [2.05, 4.69) is 34.3 Å². The summed E-state index contributed by atoms with van der Waals surface area (Å²) in [6.07, 6.45) is 1.66. The highest BCUT2D eigenvalue weighted by Crippen LogP contribution is 2.27. The van der Waals surface area contributed by atoms with E-state index in [1.165, 1.54) is 0 Å². The number of carbonyl (C=O) groups is 1. The van der Waals surface area contributed by atoms with Gasteiger partial charge in [-0.05, 0) is 24.2 Å². The lowest BCUT2D eigenvalue weighted by molar-refractivity contribution is -0.111. The van der Waals surface area contributed by atoms with Crippen LogP contribution in [0, 0.1) is 22.7 Å². The SMILES string of the molecule is C=C(CC(C)CC(C)(C)C)C(=O)C#N. The van der Waals surface area contributed by atoms with Crippen molar-refractivity contribution in [2.45, 2.75) is 40.5 Å². The second-order valence-corrected chi connectivity index (χ2v) is 5.12. The molecule has 2 nitrogen and oxygen atoms in total. The van der Waals surface area contributed by atoms with Crippen LogP contribution in [-0.4, -0.2) is 5.78 Å². The minimum absolute atomic E-state index is 0.259. The average Bonchev–Trinajstić information content (AvgIpc) is 1.99. The van der Waals surface area contributed by atoms with Crippen molar-refractivity contribution in [1.29, 1.82) is 5.26 Å². The summed E-state index contributed by atoms with van der Waals surface area (Å²) in [4.78, 5) is 11.0. The van der Waals surface area contributed by atoms with Gasteiger partial charge in [-0.25, -0.2) is 0 Å². The van der Waals surface area contributed by atoms with E-state index in [1.807, 2.05) is 0 Å². The first-order valence-electron chi connectivity index (χ1n) is 4.88. The van der Waals surface area contributed by atoms with E-state index >= 15 is 0 Å². The van der Waals surface area contributed by atoms with E-state index in [-0.39, 0.29) is 5.41 Å². The number of rotatable bonds is 4. The van der Waals surface area contributed by atoms with E-state index in [9.17, 15) is 4.79 Å². The van der Waals surface area contributed by atoms with E-state index < -0.39 is 5.78 Å². The Hall–Kier alpha value is -1.10. The highest BCUT2D eigenvalue weighted by atomic mass is 16.1. The molecule has 0 heterocycles. The van der Waals surface area contributed by atoms with E-state index in [1.54, 1.807) is 6.07 Å². The molecular weight excluding hydrogens is 174 g/mol. The summed E-state index contributed by atoms with van der Waals surface area (Å²) in [5.41, 5.74) is 0.694. The fourth-order valence-corrected chi connectivity index (χ4v) is 1.71. The molecule has 78 valence electrons. The van der Waals surface area contributed by atoms with Crippen LogP contribution in [0.25, 0.3) is 0 Å². The molecule has 0 amide bonds. The molecule has 0 aromatic heterocycles. The maximum atomic E-state index is 11.0. The van der Waals surface area contributed by atoms with Crippen molar-refractivity contribution in [3.63, 3.8) is 0 Å². The number of nitrogens with zero attached hydrogens (tertiary/aromatic N) is 1. The maximum Gasteiger partial charge on any atom is 0.257 e. The lowest BCUT2D eigenvalue weighted by atomic mass is 9.82. The van der Waals surface area contributed by atoms with Gasteiger partial charge in [0, 0.05) is 5.57 Å². The zero-order valence-electron chi connectivity index (χ0n) is 9.55. The first-order valence-corrected chi connectivity index (χ1v) is 4.88. The number of allylic oxidation sites excluding steroid dienone is 1. The number of hydrogen-bond acceptors (Lipinski definition) is 2. The van der Waals surface area contributed by atoms with Crippen molar-refractivity contribution in [1.82, 2.24) is 0 Å². The van der Waals surface area contributed by atoms with Crippen molar-refractivity contribution >= 4 is 5.78 Å². The van der Waals surface area contributed by atoms with E-state index in [0.717, 1.165) is 6.42 Å². The van der Waals surface area contributed by atoms with Gasteiger partial charge in [0.25, 0.3) is 5.78 Å². The fourth-order valence-electron chi connectivity index (χ4n) is 1.71. The molecule has 0 aliphatic carbocycles. The zero-order chi connectivity index (χ0) is 11.4. The number of hydrogen-bond donors (Lipinski definition) is 0. The van der Waals surface area contributed by atoms with E-state index in [4.69, 9.17) is 5.26 Å². The lowest BCUT2D eigenvalue weighted by Gasteiger charge is -2.23. The summed E-state index contributed by atoms with van der Waals surface area (Å²) in [7, 11) is 0. The normalized spacial score (nSPS) is 13.1. The van der Waals surface area contributed by atoms with Gasteiger partial charge in [0.1, 0.15) is 6.07 Å². The first-order chi connectivity index (χ1) is 6.26. The van der Waals surface area contributed by atoms with Crippen LogP contribution < -0.4 is 0 Å². The average molecular weight is 193 g/mol. The van der Waals surface area contributed by atoms with Gasteiger partial charge >= 0.3 is 0 Å². The monoisotopic (exact) mass is 193 g/mol. The van der Waals surface area contributed by atoms with Crippen LogP contribution in [0.3, 0.4) is 0 Å². The van der Waals surface area contributed by atoms with Crippen LogP contribution >= 0.6 is 0 Å². The van der Waals surface area contributed by atoms with Crippen LogP contribution in [0.4, 0.5) is 0 Å². The molecule has 14 heavy (non-hydrogen) atoms. The molecule has 0 aliphatic rings. The van der Waals surface area contributed by atoms with Gasteiger partial charge in [0.2, 0.25) is 0 Å². The van der Waals surface area contributed by atoms with Gasteiger partial charge in [-0.15, -0.1) is 0 Å². The van der Waals surface area contributed by atoms with Crippen LogP contribution in [0.1, 0.15) is 40.5 Å². The Kier molecular flexibility index (Phi) is 4.56. The molecular formula is C12H19NO. The maximum absolute atomic E-state index is 11.0. The summed E-state index contributed by atoms with van der Waals surface area (Å²) in [5.74, 6) is -0.0782. The summed E-state index contributed by atoms with van der Waals surface area (Å²) >= 11 is 0. The largest absolute Gasteiger partial charge is 0.277 e. The molecule has 0 saturated carbocycles. The summed E-state index contributed by atoms with van der Waals surface area (Å²) < 4.78 is 0. The Morgan fingerprint density at radius 2 is 2.00 bits per heavy atom. The minimum atomic E-state index is -0.481.